The number of aliphatic hydroxyl groups is 1. The molecular weight excluding hydrogens is 334 g/mol. The number of benzene rings is 1. The van der Waals surface area contributed by atoms with Crippen LogP contribution in [0.3, 0.4) is 0 Å². The lowest BCUT2D eigenvalue weighted by molar-refractivity contribution is 0.125. The highest BCUT2D eigenvalue weighted by Gasteiger charge is 2.17. The summed E-state index contributed by atoms with van der Waals surface area (Å²) in [7, 11) is 1.63. The van der Waals surface area contributed by atoms with Crippen LogP contribution in [0.1, 0.15) is 38.2 Å². The largest absolute Gasteiger partial charge is 0.493 e. The maximum Gasteiger partial charge on any atom is 0.175 e. The number of ether oxygens (including phenoxy) is 2. The average molecular weight is 358 g/mol. The van der Waals surface area contributed by atoms with E-state index in [4.69, 9.17) is 14.6 Å². The van der Waals surface area contributed by atoms with Gasteiger partial charge in [-0.2, -0.15) is 0 Å². The number of halogens is 1. The molecule has 2 N–H and O–H groups in total. The van der Waals surface area contributed by atoms with Gasteiger partial charge in [-0.25, -0.2) is 0 Å². The normalized spacial score (nSPS) is 17.0. The van der Waals surface area contributed by atoms with E-state index in [1.54, 1.807) is 7.11 Å². The van der Waals surface area contributed by atoms with Crippen molar-refractivity contribution >= 4 is 15.9 Å². The molecule has 1 aliphatic carbocycles. The van der Waals surface area contributed by atoms with Crippen molar-refractivity contribution in [2.24, 2.45) is 0 Å². The molecular formula is C16H24BrNO3. The second-order valence-electron chi connectivity index (χ2n) is 5.58. The predicted molar refractivity (Wildman–Crippen MR) is 87.0 cm³/mol. The topological polar surface area (TPSA) is 50.7 Å². The molecule has 0 saturated heterocycles. The van der Waals surface area contributed by atoms with Gasteiger partial charge in [0.1, 0.15) is 6.10 Å². The van der Waals surface area contributed by atoms with E-state index < -0.39 is 0 Å². The Bertz CT molecular complexity index is 461. The molecule has 1 aliphatic rings. The van der Waals surface area contributed by atoms with Crippen LogP contribution in [0.5, 0.6) is 11.5 Å². The lowest BCUT2D eigenvalue weighted by Crippen LogP contribution is -2.25. The van der Waals surface area contributed by atoms with Crippen molar-refractivity contribution in [3.05, 3.63) is 22.2 Å². The molecule has 1 fully saturated rings. The number of rotatable bonds is 7. The van der Waals surface area contributed by atoms with Gasteiger partial charge in [-0.3, -0.25) is 0 Å². The molecule has 0 heterocycles. The Kier molecular flexibility index (Phi) is 6.33. The molecule has 1 saturated carbocycles. The summed E-state index contributed by atoms with van der Waals surface area (Å²) in [5, 5.41) is 12.7. The van der Waals surface area contributed by atoms with Crippen molar-refractivity contribution in [1.29, 1.82) is 0 Å². The van der Waals surface area contributed by atoms with Crippen molar-refractivity contribution in [3.63, 3.8) is 0 Å². The van der Waals surface area contributed by atoms with Crippen LogP contribution in [-0.2, 0) is 6.54 Å². The van der Waals surface area contributed by atoms with Gasteiger partial charge in [0.15, 0.2) is 11.5 Å². The lowest BCUT2D eigenvalue weighted by atomic mass is 10.1. The monoisotopic (exact) mass is 357 g/mol. The van der Waals surface area contributed by atoms with E-state index in [2.05, 4.69) is 21.2 Å². The quantitative estimate of drug-likeness (QED) is 0.786. The second-order valence-corrected chi connectivity index (χ2v) is 6.44. The molecule has 0 aromatic heterocycles. The van der Waals surface area contributed by atoms with Crippen LogP contribution in [-0.4, -0.2) is 31.0 Å². The molecule has 1 aromatic carbocycles. The van der Waals surface area contributed by atoms with Gasteiger partial charge in [-0.1, -0.05) is 12.8 Å². The van der Waals surface area contributed by atoms with E-state index in [1.165, 1.54) is 25.7 Å². The Hall–Kier alpha value is -0.780. The molecule has 21 heavy (non-hydrogen) atoms. The molecule has 0 bridgehead atoms. The summed E-state index contributed by atoms with van der Waals surface area (Å²) in [6.45, 7) is 2.62. The average Bonchev–Trinajstić information content (AvgIpc) is 3.00. The SMILES string of the molecule is COc1cc(CNC2CCCC2)cc(Br)c1O[C@H](C)CO. The highest BCUT2D eigenvalue weighted by atomic mass is 79.9. The van der Waals surface area contributed by atoms with Gasteiger partial charge in [-0.05, 0) is 53.4 Å². The third kappa shape index (κ3) is 4.59. The standard InChI is InChI=1S/C16H24BrNO3/c1-11(10-19)21-16-14(17)7-12(8-15(16)20-2)9-18-13-5-3-4-6-13/h7-8,11,13,18-19H,3-6,9-10H2,1-2H3/t11-/m1/s1. The van der Waals surface area contributed by atoms with Crippen LogP contribution < -0.4 is 14.8 Å². The second kappa shape index (κ2) is 8.01. The highest BCUT2D eigenvalue weighted by molar-refractivity contribution is 9.10. The number of methoxy groups -OCH3 is 1. The van der Waals surface area contributed by atoms with E-state index in [-0.39, 0.29) is 12.7 Å². The van der Waals surface area contributed by atoms with Gasteiger partial charge in [0, 0.05) is 12.6 Å². The smallest absolute Gasteiger partial charge is 0.175 e. The zero-order valence-electron chi connectivity index (χ0n) is 12.7. The van der Waals surface area contributed by atoms with Crippen LogP contribution in [0.15, 0.2) is 16.6 Å². The summed E-state index contributed by atoms with van der Waals surface area (Å²) in [6, 6.07) is 4.68. The number of hydrogen-bond donors (Lipinski definition) is 2. The fourth-order valence-corrected chi connectivity index (χ4v) is 3.20. The maximum absolute atomic E-state index is 9.12. The van der Waals surface area contributed by atoms with Crippen LogP contribution in [0, 0.1) is 0 Å². The molecule has 0 aliphatic heterocycles. The third-order valence-corrected chi connectivity index (χ3v) is 4.40. The summed E-state index contributed by atoms with van der Waals surface area (Å²) in [5.41, 5.74) is 1.16. The zero-order chi connectivity index (χ0) is 15.2. The summed E-state index contributed by atoms with van der Waals surface area (Å²) in [6.07, 6.45) is 4.94. The Morgan fingerprint density at radius 1 is 1.38 bits per heavy atom. The fourth-order valence-electron chi connectivity index (χ4n) is 2.62. The molecule has 1 aromatic rings. The number of hydrogen-bond acceptors (Lipinski definition) is 4. The van der Waals surface area contributed by atoms with E-state index in [0.717, 1.165) is 16.6 Å². The zero-order valence-corrected chi connectivity index (χ0v) is 14.3. The van der Waals surface area contributed by atoms with Crippen LogP contribution in [0.2, 0.25) is 0 Å². The van der Waals surface area contributed by atoms with Crippen LogP contribution in [0.25, 0.3) is 0 Å². The third-order valence-electron chi connectivity index (χ3n) is 3.82. The first-order valence-electron chi connectivity index (χ1n) is 7.51. The molecule has 0 radical (unpaired) electrons. The molecule has 0 spiro atoms. The minimum Gasteiger partial charge on any atom is -0.493 e. The fraction of sp³-hybridized carbons (Fsp3) is 0.625. The van der Waals surface area contributed by atoms with E-state index in [1.807, 2.05) is 19.1 Å². The highest BCUT2D eigenvalue weighted by Crippen LogP contribution is 2.37. The Balaban J connectivity index is 2.07. The van der Waals surface area contributed by atoms with Crippen molar-refractivity contribution in [3.8, 4) is 11.5 Å². The van der Waals surface area contributed by atoms with Crippen LogP contribution >= 0.6 is 15.9 Å². The number of nitrogens with one attached hydrogen (secondary N) is 1. The predicted octanol–water partition coefficient (Wildman–Crippen LogP) is 3.25. The molecule has 5 heteroatoms. The number of aliphatic hydroxyl groups excluding tert-OH is 1. The van der Waals surface area contributed by atoms with Crippen molar-refractivity contribution in [2.45, 2.75) is 51.3 Å². The van der Waals surface area contributed by atoms with Gasteiger partial charge in [0.2, 0.25) is 0 Å². The van der Waals surface area contributed by atoms with E-state index in [0.29, 0.717) is 17.5 Å². The first kappa shape index (κ1) is 16.6. The minimum atomic E-state index is -0.266. The molecule has 2 rings (SSSR count). The summed E-state index contributed by atoms with van der Waals surface area (Å²) < 4.78 is 12.0. The Morgan fingerprint density at radius 3 is 2.71 bits per heavy atom. The van der Waals surface area contributed by atoms with Crippen LogP contribution in [0.4, 0.5) is 0 Å². The van der Waals surface area contributed by atoms with E-state index in [9.17, 15) is 0 Å². The minimum absolute atomic E-state index is 0.0272. The molecule has 1 atom stereocenters. The van der Waals surface area contributed by atoms with Gasteiger partial charge in [0.25, 0.3) is 0 Å². The molecule has 0 amide bonds. The summed E-state index contributed by atoms with van der Waals surface area (Å²) in [4.78, 5) is 0. The first-order valence-corrected chi connectivity index (χ1v) is 8.30. The first-order chi connectivity index (χ1) is 10.1. The van der Waals surface area contributed by atoms with Crippen molar-refractivity contribution < 1.29 is 14.6 Å². The molecule has 4 nitrogen and oxygen atoms in total. The Labute approximate surface area is 135 Å². The maximum atomic E-state index is 9.12. The molecule has 0 unspecified atom stereocenters. The van der Waals surface area contributed by atoms with Gasteiger partial charge >= 0.3 is 0 Å². The van der Waals surface area contributed by atoms with Gasteiger partial charge in [0.05, 0.1) is 18.2 Å². The lowest BCUT2D eigenvalue weighted by Gasteiger charge is -2.18. The van der Waals surface area contributed by atoms with E-state index >= 15 is 0 Å². The molecule has 118 valence electrons. The van der Waals surface area contributed by atoms with Gasteiger partial charge in [-0.15, -0.1) is 0 Å². The summed E-state index contributed by atoms with van der Waals surface area (Å²) >= 11 is 3.54. The van der Waals surface area contributed by atoms with Crippen molar-refractivity contribution in [2.75, 3.05) is 13.7 Å². The summed E-state index contributed by atoms with van der Waals surface area (Å²) in [5.74, 6) is 1.33. The van der Waals surface area contributed by atoms with Crippen molar-refractivity contribution in [1.82, 2.24) is 5.32 Å². The van der Waals surface area contributed by atoms with Gasteiger partial charge < -0.3 is 19.9 Å². The Morgan fingerprint density at radius 2 is 2.10 bits per heavy atom.